The molecular weight excluding hydrogens is 615 g/mol. The molecule has 13 heteroatoms. The predicted molar refractivity (Wildman–Crippen MR) is 162 cm³/mol. The Bertz CT molecular complexity index is 1650. The number of para-hydroxylation sites is 1. The van der Waals surface area contributed by atoms with Gasteiger partial charge in [-0.25, -0.2) is 13.5 Å². The smallest absolute Gasteiger partial charge is 0.306 e. The van der Waals surface area contributed by atoms with Crippen molar-refractivity contribution in [3.05, 3.63) is 70.0 Å². The van der Waals surface area contributed by atoms with Crippen LogP contribution in [0.3, 0.4) is 0 Å². The van der Waals surface area contributed by atoms with Gasteiger partial charge in [0.05, 0.1) is 52.9 Å². The van der Waals surface area contributed by atoms with E-state index in [0.717, 1.165) is 18.5 Å². The summed E-state index contributed by atoms with van der Waals surface area (Å²) < 4.78 is 32.4. The van der Waals surface area contributed by atoms with Gasteiger partial charge in [0.25, 0.3) is 5.92 Å². The summed E-state index contributed by atoms with van der Waals surface area (Å²) in [5, 5.41) is 17.4. The molecule has 44 heavy (non-hydrogen) atoms. The van der Waals surface area contributed by atoms with Crippen LogP contribution in [-0.4, -0.2) is 62.6 Å². The molecule has 2 aromatic carbocycles. The number of alkyl halides is 2. The molecule has 3 aliphatic rings. The van der Waals surface area contributed by atoms with E-state index in [9.17, 15) is 19.5 Å². The molecule has 1 saturated heterocycles. The van der Waals surface area contributed by atoms with E-state index < -0.39 is 60.6 Å². The number of carboxylic acid groups (broad SMARTS) is 1. The molecule has 2 amide bonds. The number of halogens is 4. The Hall–Kier alpha value is -3.54. The van der Waals surface area contributed by atoms with E-state index in [1.54, 1.807) is 29.6 Å². The first-order valence-corrected chi connectivity index (χ1v) is 15.2. The van der Waals surface area contributed by atoms with Gasteiger partial charge in [-0.15, -0.1) is 0 Å². The van der Waals surface area contributed by atoms with Crippen LogP contribution in [0, 0.1) is 18.8 Å². The van der Waals surface area contributed by atoms with Gasteiger partial charge in [0.1, 0.15) is 5.54 Å². The van der Waals surface area contributed by atoms with Crippen LogP contribution in [0.4, 0.5) is 20.2 Å². The van der Waals surface area contributed by atoms with Crippen molar-refractivity contribution in [1.82, 2.24) is 14.7 Å². The molecular formula is C31H31Cl2F2N5O4. The molecule has 1 aromatic heterocycles. The van der Waals surface area contributed by atoms with Crippen molar-refractivity contribution >= 4 is 52.4 Å². The zero-order valence-corrected chi connectivity index (χ0v) is 25.6. The summed E-state index contributed by atoms with van der Waals surface area (Å²) in [6.45, 7) is 2.82. The highest BCUT2D eigenvalue weighted by Crippen LogP contribution is 2.52. The first-order chi connectivity index (χ1) is 20.8. The fraction of sp³-hybridized carbons (Fsp3) is 0.419. The molecule has 6 rings (SSSR count). The van der Waals surface area contributed by atoms with Gasteiger partial charge >= 0.3 is 5.97 Å². The number of aryl methyl sites for hydroxylation is 1. The fourth-order valence-corrected chi connectivity index (χ4v) is 7.10. The standard InChI is InChI=1S/C31H31Cl2F2N5O4/c1-17(28(43)38(14-19-8-9-19)25-15-40(37-18(25)2)21-6-4-3-5-7-21)24-12-30(34,35)16-39(24)31(13-26(41)42)22-10-20(32)11-23(33)27(22)36-29(31)44/h3-7,10-11,15,17,19,24H,8-9,12-14,16H2,1-2H3,(H,36,44)(H,41,42)/t17-,24-,31-/m1/s1. The van der Waals surface area contributed by atoms with E-state index in [2.05, 4.69) is 10.4 Å². The van der Waals surface area contributed by atoms with Crippen molar-refractivity contribution < 1.29 is 28.3 Å². The number of aliphatic carboxylic acids is 1. The van der Waals surface area contributed by atoms with Crippen molar-refractivity contribution in [3.63, 3.8) is 0 Å². The van der Waals surface area contributed by atoms with Gasteiger partial charge in [-0.2, -0.15) is 5.10 Å². The van der Waals surface area contributed by atoms with Crippen LogP contribution in [-0.2, 0) is 19.9 Å². The van der Waals surface area contributed by atoms with Crippen LogP contribution in [0.2, 0.25) is 10.0 Å². The minimum Gasteiger partial charge on any atom is -0.481 e. The van der Waals surface area contributed by atoms with Crippen molar-refractivity contribution in [2.24, 2.45) is 11.8 Å². The molecule has 3 heterocycles. The number of hydrogen-bond donors (Lipinski definition) is 2. The number of anilines is 2. The lowest BCUT2D eigenvalue weighted by Crippen LogP contribution is -2.57. The van der Waals surface area contributed by atoms with Crippen molar-refractivity contribution in [2.75, 3.05) is 23.3 Å². The van der Waals surface area contributed by atoms with Gasteiger partial charge in [-0.3, -0.25) is 19.3 Å². The number of benzene rings is 2. The molecule has 0 bridgehead atoms. The summed E-state index contributed by atoms with van der Waals surface area (Å²) in [6, 6.07) is 11.0. The number of fused-ring (bicyclic) bond motifs is 1. The van der Waals surface area contributed by atoms with Gasteiger partial charge in [0, 0.05) is 29.6 Å². The van der Waals surface area contributed by atoms with Crippen LogP contribution in [0.25, 0.3) is 5.69 Å². The lowest BCUT2D eigenvalue weighted by Gasteiger charge is -2.42. The summed E-state index contributed by atoms with van der Waals surface area (Å²) in [6.07, 6.45) is 2.08. The van der Waals surface area contributed by atoms with Crippen LogP contribution < -0.4 is 10.2 Å². The van der Waals surface area contributed by atoms with Gasteiger partial charge in [-0.05, 0) is 49.9 Å². The van der Waals surface area contributed by atoms with E-state index in [1.807, 2.05) is 30.3 Å². The molecule has 3 atom stereocenters. The van der Waals surface area contributed by atoms with E-state index in [0.29, 0.717) is 17.9 Å². The first kappa shape index (κ1) is 30.5. The Morgan fingerprint density at radius 2 is 1.91 bits per heavy atom. The van der Waals surface area contributed by atoms with Crippen LogP contribution >= 0.6 is 23.2 Å². The minimum atomic E-state index is -3.30. The third-order valence-electron chi connectivity index (χ3n) is 8.88. The largest absolute Gasteiger partial charge is 0.481 e. The Morgan fingerprint density at radius 1 is 1.20 bits per heavy atom. The number of carbonyl (C=O) groups is 3. The topological polar surface area (TPSA) is 108 Å². The number of aromatic nitrogens is 2. The lowest BCUT2D eigenvalue weighted by molar-refractivity contribution is -0.147. The third-order valence-corrected chi connectivity index (χ3v) is 9.39. The third kappa shape index (κ3) is 5.35. The molecule has 2 aliphatic heterocycles. The Balaban J connectivity index is 1.41. The van der Waals surface area contributed by atoms with Gasteiger partial charge in [0.2, 0.25) is 11.8 Å². The fourth-order valence-electron chi connectivity index (χ4n) is 6.56. The highest BCUT2D eigenvalue weighted by molar-refractivity contribution is 6.38. The van der Waals surface area contributed by atoms with Crippen LogP contribution in [0.5, 0.6) is 0 Å². The van der Waals surface area contributed by atoms with Crippen molar-refractivity contribution in [1.29, 1.82) is 0 Å². The second-order valence-corrected chi connectivity index (χ2v) is 12.9. The zero-order chi connectivity index (χ0) is 31.6. The second kappa shape index (κ2) is 11.1. The highest BCUT2D eigenvalue weighted by Gasteiger charge is 2.62. The van der Waals surface area contributed by atoms with Crippen molar-refractivity contribution in [3.8, 4) is 5.69 Å². The predicted octanol–water partition coefficient (Wildman–Crippen LogP) is 5.90. The van der Waals surface area contributed by atoms with E-state index >= 15 is 8.78 Å². The Morgan fingerprint density at radius 3 is 2.57 bits per heavy atom. The summed E-state index contributed by atoms with van der Waals surface area (Å²) in [4.78, 5) is 43.1. The molecule has 1 saturated carbocycles. The average molecular weight is 647 g/mol. The quantitative estimate of drug-likeness (QED) is 0.300. The molecule has 1 aliphatic carbocycles. The second-order valence-electron chi connectivity index (χ2n) is 12.0. The van der Waals surface area contributed by atoms with Crippen LogP contribution in [0.15, 0.2) is 48.7 Å². The normalized spacial score (nSPS) is 23.3. The molecule has 3 aromatic rings. The summed E-state index contributed by atoms with van der Waals surface area (Å²) in [7, 11) is 0. The highest BCUT2D eigenvalue weighted by atomic mass is 35.5. The number of likely N-dealkylation sites (tertiary alicyclic amines) is 1. The van der Waals surface area contributed by atoms with Crippen molar-refractivity contribution in [2.45, 2.75) is 57.0 Å². The number of hydrogen-bond acceptors (Lipinski definition) is 5. The summed E-state index contributed by atoms with van der Waals surface area (Å²) in [5.41, 5.74) is 0.115. The number of rotatable bonds is 9. The Labute approximate surface area is 262 Å². The summed E-state index contributed by atoms with van der Waals surface area (Å²) in [5.74, 6) is -6.67. The van der Waals surface area contributed by atoms with Gasteiger partial charge in [-0.1, -0.05) is 48.3 Å². The molecule has 0 radical (unpaired) electrons. The van der Waals surface area contributed by atoms with E-state index in [-0.39, 0.29) is 27.2 Å². The molecule has 232 valence electrons. The van der Waals surface area contributed by atoms with Gasteiger partial charge < -0.3 is 15.3 Å². The summed E-state index contributed by atoms with van der Waals surface area (Å²) >= 11 is 12.6. The first-order valence-electron chi connectivity index (χ1n) is 14.4. The number of amides is 2. The van der Waals surface area contributed by atoms with Gasteiger partial charge in [0.15, 0.2) is 0 Å². The zero-order valence-electron chi connectivity index (χ0n) is 24.1. The number of nitrogens with zero attached hydrogens (tertiary/aromatic N) is 4. The number of carbonyl (C=O) groups excluding carboxylic acids is 2. The molecule has 9 nitrogen and oxygen atoms in total. The average Bonchev–Trinajstić information content (AvgIpc) is 3.53. The number of carboxylic acids is 1. The monoisotopic (exact) mass is 645 g/mol. The maximum Gasteiger partial charge on any atom is 0.306 e. The minimum absolute atomic E-state index is 0.0567. The van der Waals surface area contributed by atoms with E-state index in [1.165, 1.54) is 17.0 Å². The number of nitrogens with one attached hydrogen (secondary N) is 1. The Kier molecular flexibility index (Phi) is 7.70. The molecule has 0 spiro atoms. The molecule has 2 fully saturated rings. The van der Waals surface area contributed by atoms with Crippen LogP contribution in [0.1, 0.15) is 43.9 Å². The lowest BCUT2D eigenvalue weighted by atomic mass is 9.83. The van der Waals surface area contributed by atoms with E-state index in [4.69, 9.17) is 23.2 Å². The molecule has 0 unspecified atom stereocenters. The SMILES string of the molecule is Cc1nn(-c2ccccc2)cc1N(CC1CC1)C(=O)[C@H](C)[C@H]1CC(F)(F)CN1[C@@]1(CC(=O)O)C(=O)Nc2c(Cl)cc(Cl)cc21. The molecule has 2 N–H and O–H groups in total. The maximum absolute atomic E-state index is 15.4. The maximum atomic E-state index is 15.4.